The molecule has 1 saturated carbocycles. The minimum absolute atomic E-state index is 0.0269. The van der Waals surface area contributed by atoms with Gasteiger partial charge < -0.3 is 10.1 Å². The van der Waals surface area contributed by atoms with Gasteiger partial charge in [-0.25, -0.2) is 18.2 Å². The van der Waals surface area contributed by atoms with Crippen LogP contribution in [0.15, 0.2) is 36.5 Å². The van der Waals surface area contributed by atoms with Crippen LogP contribution in [0.25, 0.3) is 0 Å². The normalized spacial score (nSPS) is 27.1. The largest absolute Gasteiger partial charge is 0.346 e. The number of benzene rings is 1. The van der Waals surface area contributed by atoms with Gasteiger partial charge in [-0.1, -0.05) is 0 Å². The number of carbonyl (C=O) groups is 1. The van der Waals surface area contributed by atoms with Crippen LogP contribution in [0, 0.1) is 23.1 Å². The van der Waals surface area contributed by atoms with Gasteiger partial charge in [0.05, 0.1) is 17.6 Å². The molecule has 31 heavy (non-hydrogen) atoms. The van der Waals surface area contributed by atoms with E-state index in [0.29, 0.717) is 18.4 Å². The maximum Gasteiger partial charge on any atom is 0.274 e. The Hall–Kier alpha value is -3.00. The maximum absolute atomic E-state index is 14.7. The lowest BCUT2D eigenvalue weighted by molar-refractivity contribution is -0.211. The smallest absolute Gasteiger partial charge is 0.274 e. The molecule has 162 valence electrons. The zero-order valence-corrected chi connectivity index (χ0v) is 16.3. The summed E-state index contributed by atoms with van der Waals surface area (Å²) in [6, 6.07) is 7.38. The van der Waals surface area contributed by atoms with Crippen molar-refractivity contribution in [2.45, 2.75) is 43.7 Å². The van der Waals surface area contributed by atoms with Gasteiger partial charge >= 0.3 is 0 Å². The van der Waals surface area contributed by atoms with Gasteiger partial charge in [0.15, 0.2) is 6.35 Å². The van der Waals surface area contributed by atoms with Gasteiger partial charge in [-0.05, 0) is 43.2 Å². The van der Waals surface area contributed by atoms with Crippen molar-refractivity contribution in [3.8, 4) is 6.07 Å². The summed E-state index contributed by atoms with van der Waals surface area (Å²) in [6.45, 7) is 0. The Morgan fingerprint density at radius 1 is 1.35 bits per heavy atom. The average Bonchev–Trinajstić information content (AvgIpc) is 2.74. The molecule has 2 aliphatic rings. The number of alkyl halides is 2. The van der Waals surface area contributed by atoms with Crippen LogP contribution in [-0.4, -0.2) is 29.3 Å². The van der Waals surface area contributed by atoms with E-state index in [-0.39, 0.29) is 23.4 Å². The monoisotopic (exact) mass is 431 g/mol. The van der Waals surface area contributed by atoms with Crippen LogP contribution in [0.2, 0.25) is 0 Å². The summed E-state index contributed by atoms with van der Waals surface area (Å²) in [5.41, 5.74) is 6.36. The first-order valence-corrected chi connectivity index (χ1v) is 9.80. The maximum atomic E-state index is 14.7. The Morgan fingerprint density at radius 3 is 2.87 bits per heavy atom. The number of hydrogen-bond donors (Lipinski definition) is 3. The van der Waals surface area contributed by atoms with Crippen molar-refractivity contribution < 1.29 is 22.7 Å². The molecular weight excluding hydrogens is 411 g/mol. The first-order valence-electron chi connectivity index (χ1n) is 9.80. The number of nitriles is 1. The molecule has 1 aromatic heterocycles. The van der Waals surface area contributed by atoms with E-state index < -0.39 is 42.1 Å². The summed E-state index contributed by atoms with van der Waals surface area (Å²) in [5.74, 6) is -5.62. The number of amides is 1. The highest BCUT2D eigenvalue weighted by atomic mass is 19.3. The van der Waals surface area contributed by atoms with Crippen LogP contribution in [0.1, 0.15) is 46.9 Å². The lowest BCUT2D eigenvalue weighted by atomic mass is 9.75. The molecule has 4 atom stereocenters. The molecule has 1 aromatic carbocycles. The van der Waals surface area contributed by atoms with Crippen molar-refractivity contribution in [3.63, 3.8) is 0 Å². The number of rotatable bonds is 3. The topological polar surface area (TPSA) is 113 Å². The second kappa shape index (κ2) is 8.26. The molecule has 4 rings (SSSR count). The molecule has 2 heterocycles. The Labute approximate surface area is 176 Å². The highest BCUT2D eigenvalue weighted by Gasteiger charge is 2.54. The fraction of sp³-hybridized carbons (Fsp3) is 0.381. The molecule has 1 aliphatic carbocycles. The molecule has 1 unspecified atom stereocenters. The number of anilines is 1. The number of hydrogen-bond acceptors (Lipinski definition) is 6. The van der Waals surface area contributed by atoms with Crippen LogP contribution in [0.4, 0.5) is 18.9 Å². The van der Waals surface area contributed by atoms with Gasteiger partial charge in [-0.15, -0.1) is 0 Å². The number of nitrogens with two attached hydrogens (primary N) is 1. The van der Waals surface area contributed by atoms with E-state index in [4.69, 9.17) is 15.7 Å². The van der Waals surface area contributed by atoms with E-state index in [2.05, 4.69) is 15.6 Å². The summed E-state index contributed by atoms with van der Waals surface area (Å²) in [5, 5.41) is 14.1. The zero-order valence-electron chi connectivity index (χ0n) is 16.3. The number of pyridine rings is 1. The van der Waals surface area contributed by atoms with Gasteiger partial charge in [-0.3, -0.25) is 15.8 Å². The number of fused-ring (bicyclic) bond motifs is 1. The van der Waals surface area contributed by atoms with Crippen molar-refractivity contribution in [2.24, 2.45) is 11.7 Å². The zero-order chi connectivity index (χ0) is 22.2. The molecular formula is C21H20F3N5O2. The van der Waals surface area contributed by atoms with Crippen molar-refractivity contribution in [1.29, 1.82) is 5.26 Å². The third-order valence-electron chi connectivity index (χ3n) is 5.63. The molecule has 0 spiro atoms. The third kappa shape index (κ3) is 4.25. The second-order valence-corrected chi connectivity index (χ2v) is 7.65. The van der Waals surface area contributed by atoms with Crippen molar-refractivity contribution >= 4 is 11.6 Å². The number of ether oxygens (including phenoxy) is 1. The predicted molar refractivity (Wildman–Crippen MR) is 104 cm³/mol. The number of nitrogens with one attached hydrogen (secondary N) is 2. The van der Waals surface area contributed by atoms with Gasteiger partial charge in [0, 0.05) is 29.9 Å². The van der Waals surface area contributed by atoms with E-state index in [1.807, 2.05) is 6.07 Å². The standard InChI is InChI=1S/C21H20F3N5O2/c22-14-5-4-12(28-19(30)15-6-3-11(9-25)10-27-15)8-13(14)18-17-16(31-20(26)29-18)2-1-7-21(17,23)24/h3-6,8,10,16-18,20,29H,1-2,7,26H2,(H,28,30)/t16-,17+,18-,20?/m1/s1. The van der Waals surface area contributed by atoms with E-state index in [1.54, 1.807) is 0 Å². The van der Waals surface area contributed by atoms with Crippen LogP contribution in [0.5, 0.6) is 0 Å². The van der Waals surface area contributed by atoms with Crippen molar-refractivity contribution in [1.82, 2.24) is 10.3 Å². The molecule has 2 aromatic rings. The summed E-state index contributed by atoms with van der Waals surface area (Å²) in [7, 11) is 0. The Morgan fingerprint density at radius 2 is 2.16 bits per heavy atom. The summed E-state index contributed by atoms with van der Waals surface area (Å²) in [4.78, 5) is 16.3. The summed E-state index contributed by atoms with van der Waals surface area (Å²) >= 11 is 0. The Kier molecular flexibility index (Phi) is 5.66. The van der Waals surface area contributed by atoms with Gasteiger partial charge in [0.25, 0.3) is 11.8 Å². The first kappa shape index (κ1) is 21.2. The molecule has 2 fully saturated rings. The third-order valence-corrected chi connectivity index (χ3v) is 5.63. The Balaban J connectivity index is 1.62. The molecule has 10 heteroatoms. The van der Waals surface area contributed by atoms with E-state index >= 15 is 0 Å². The van der Waals surface area contributed by atoms with E-state index in [1.165, 1.54) is 30.5 Å². The fourth-order valence-corrected chi connectivity index (χ4v) is 4.21. The van der Waals surface area contributed by atoms with E-state index in [9.17, 15) is 18.0 Å². The first-order chi connectivity index (χ1) is 14.8. The lowest BCUT2D eigenvalue weighted by Gasteiger charge is -2.47. The van der Waals surface area contributed by atoms with Gasteiger partial charge in [0.1, 0.15) is 17.6 Å². The fourth-order valence-electron chi connectivity index (χ4n) is 4.21. The predicted octanol–water partition coefficient (Wildman–Crippen LogP) is 3.05. The molecule has 4 N–H and O–H groups in total. The number of nitrogens with zero attached hydrogens (tertiary/aromatic N) is 2. The van der Waals surface area contributed by atoms with E-state index in [0.717, 1.165) is 6.07 Å². The highest BCUT2D eigenvalue weighted by molar-refractivity contribution is 6.02. The second-order valence-electron chi connectivity index (χ2n) is 7.65. The number of halogens is 3. The number of aromatic nitrogens is 1. The van der Waals surface area contributed by atoms with Crippen molar-refractivity contribution in [2.75, 3.05) is 5.32 Å². The molecule has 0 radical (unpaired) electrons. The van der Waals surface area contributed by atoms with Crippen LogP contribution in [0.3, 0.4) is 0 Å². The van der Waals surface area contributed by atoms with Crippen LogP contribution in [-0.2, 0) is 4.74 Å². The minimum atomic E-state index is -3.06. The average molecular weight is 431 g/mol. The molecule has 1 saturated heterocycles. The number of carbonyl (C=O) groups excluding carboxylic acids is 1. The molecule has 0 bridgehead atoms. The van der Waals surface area contributed by atoms with Gasteiger partial charge in [0.2, 0.25) is 0 Å². The van der Waals surface area contributed by atoms with Crippen LogP contribution < -0.4 is 16.4 Å². The minimum Gasteiger partial charge on any atom is -0.346 e. The molecule has 1 aliphatic heterocycles. The highest BCUT2D eigenvalue weighted by Crippen LogP contribution is 2.48. The SMILES string of the molecule is N#Cc1ccc(C(=O)Nc2ccc(F)c([C@H]3NC(N)O[C@@H]4CCCC(F)(F)[C@H]34)c2)nc1. The summed E-state index contributed by atoms with van der Waals surface area (Å²) in [6.07, 6.45) is -0.166. The van der Waals surface area contributed by atoms with Crippen LogP contribution >= 0.6 is 0 Å². The van der Waals surface area contributed by atoms with Crippen molar-refractivity contribution in [3.05, 3.63) is 59.2 Å². The molecule has 7 nitrogen and oxygen atoms in total. The molecule has 1 amide bonds. The lowest BCUT2D eigenvalue weighted by Crippen LogP contribution is -2.60. The Bertz CT molecular complexity index is 1020. The van der Waals surface area contributed by atoms with Gasteiger partial charge in [-0.2, -0.15) is 5.26 Å². The summed E-state index contributed by atoms with van der Waals surface area (Å²) < 4.78 is 49.7. The quantitative estimate of drug-likeness (QED) is 0.689.